The van der Waals surface area contributed by atoms with Crippen molar-refractivity contribution in [2.45, 2.75) is 6.61 Å². The van der Waals surface area contributed by atoms with Gasteiger partial charge in [-0.15, -0.1) is 0 Å². The minimum absolute atomic E-state index is 0.0506. The summed E-state index contributed by atoms with van der Waals surface area (Å²) < 4.78 is 33.7. The molecule has 0 aliphatic carbocycles. The van der Waals surface area contributed by atoms with Crippen LogP contribution in [0.1, 0.15) is 26.3 Å². The fourth-order valence-corrected chi connectivity index (χ4v) is 2.37. The molecule has 0 aliphatic heterocycles. The number of hydrogen-bond acceptors (Lipinski definition) is 4. The van der Waals surface area contributed by atoms with Gasteiger partial charge in [0.15, 0.2) is 5.78 Å². The van der Waals surface area contributed by atoms with Gasteiger partial charge in [0.1, 0.15) is 11.5 Å². The first-order valence-electron chi connectivity index (χ1n) is 8.00. The Labute approximate surface area is 154 Å². The summed E-state index contributed by atoms with van der Waals surface area (Å²) in [5.41, 5.74) is 1.21. The quantitative estimate of drug-likeness (QED) is 0.358. The fraction of sp³-hybridized carbons (Fsp3) is 0.0476. The topological polar surface area (TPSA) is 52.6 Å². The molecule has 0 saturated heterocycles. The number of rotatable bonds is 6. The number of benzene rings is 3. The van der Waals surface area contributed by atoms with Gasteiger partial charge in [0.05, 0.1) is 5.56 Å². The predicted octanol–water partition coefficient (Wildman–Crippen LogP) is 4.74. The Morgan fingerprint density at radius 1 is 0.667 bits per heavy atom. The van der Waals surface area contributed by atoms with Crippen molar-refractivity contribution in [2.24, 2.45) is 0 Å². The number of ether oxygens (including phenoxy) is 2. The Morgan fingerprint density at radius 2 is 1.19 bits per heavy atom. The molecule has 3 aromatic rings. The number of hydrogen-bond donors (Lipinski definition) is 0. The number of carbonyl (C=O) groups is 2. The van der Waals surface area contributed by atoms with Gasteiger partial charge in [-0.25, -0.2) is 4.79 Å². The van der Waals surface area contributed by atoms with Crippen LogP contribution in [0.25, 0.3) is 0 Å². The van der Waals surface area contributed by atoms with E-state index in [1.54, 1.807) is 36.4 Å². The zero-order chi connectivity index (χ0) is 19.2. The van der Waals surface area contributed by atoms with E-state index in [1.807, 2.05) is 6.07 Å². The van der Waals surface area contributed by atoms with Crippen LogP contribution in [-0.2, 0) is 0 Å². The van der Waals surface area contributed by atoms with Crippen molar-refractivity contribution >= 4 is 11.8 Å². The first kappa shape index (κ1) is 18.3. The van der Waals surface area contributed by atoms with Crippen LogP contribution in [0.4, 0.5) is 8.78 Å². The van der Waals surface area contributed by atoms with Crippen LogP contribution in [0, 0.1) is 0 Å². The van der Waals surface area contributed by atoms with Gasteiger partial charge in [0.2, 0.25) is 0 Å². The van der Waals surface area contributed by atoms with E-state index >= 15 is 0 Å². The van der Waals surface area contributed by atoms with Gasteiger partial charge in [-0.3, -0.25) is 4.79 Å². The van der Waals surface area contributed by atoms with Crippen LogP contribution in [0.3, 0.4) is 0 Å². The molecule has 0 radical (unpaired) electrons. The molecule has 0 bridgehead atoms. The van der Waals surface area contributed by atoms with Crippen LogP contribution < -0.4 is 9.47 Å². The average Bonchev–Trinajstić information content (AvgIpc) is 2.69. The van der Waals surface area contributed by atoms with E-state index in [2.05, 4.69) is 4.74 Å². The van der Waals surface area contributed by atoms with Crippen LogP contribution in [-0.4, -0.2) is 18.4 Å². The fourth-order valence-electron chi connectivity index (χ4n) is 2.37. The number of carbonyl (C=O) groups excluding carboxylic acids is 2. The van der Waals surface area contributed by atoms with Gasteiger partial charge < -0.3 is 9.47 Å². The highest BCUT2D eigenvalue weighted by atomic mass is 19.3. The van der Waals surface area contributed by atoms with Crippen molar-refractivity contribution in [1.82, 2.24) is 0 Å². The van der Waals surface area contributed by atoms with Crippen molar-refractivity contribution in [3.8, 4) is 11.5 Å². The molecule has 0 spiro atoms. The van der Waals surface area contributed by atoms with Gasteiger partial charge in [-0.1, -0.05) is 30.3 Å². The number of halogens is 2. The van der Waals surface area contributed by atoms with E-state index in [0.29, 0.717) is 11.1 Å². The molecular weight excluding hydrogens is 354 g/mol. The highest BCUT2D eigenvalue weighted by Crippen LogP contribution is 2.19. The lowest BCUT2D eigenvalue weighted by Crippen LogP contribution is -2.09. The monoisotopic (exact) mass is 368 g/mol. The normalized spacial score (nSPS) is 10.5. The lowest BCUT2D eigenvalue weighted by Gasteiger charge is -2.07. The largest absolute Gasteiger partial charge is 0.435 e. The maximum atomic E-state index is 12.3. The van der Waals surface area contributed by atoms with E-state index < -0.39 is 12.6 Å². The van der Waals surface area contributed by atoms with Crippen molar-refractivity contribution in [1.29, 1.82) is 0 Å². The van der Waals surface area contributed by atoms with Crippen LogP contribution >= 0.6 is 0 Å². The average molecular weight is 368 g/mol. The summed E-state index contributed by atoms with van der Waals surface area (Å²) in [4.78, 5) is 24.4. The third-order valence-electron chi connectivity index (χ3n) is 3.68. The van der Waals surface area contributed by atoms with Gasteiger partial charge in [0, 0.05) is 11.1 Å². The Balaban J connectivity index is 1.65. The molecule has 0 heterocycles. The van der Waals surface area contributed by atoms with Crippen LogP contribution in [0.5, 0.6) is 11.5 Å². The molecule has 27 heavy (non-hydrogen) atoms. The standard InChI is InChI=1S/C21H14F2O4/c22-21(23)27-18-12-8-16(9-13-18)20(25)26-17-10-6-15(7-11-17)19(24)14-4-2-1-3-5-14/h1-13,21H. The molecule has 0 fully saturated rings. The number of ketones is 1. The molecule has 0 N–H and O–H groups in total. The minimum atomic E-state index is -2.93. The molecule has 0 saturated carbocycles. The molecule has 0 aliphatic rings. The van der Waals surface area contributed by atoms with E-state index in [-0.39, 0.29) is 22.8 Å². The van der Waals surface area contributed by atoms with Crippen molar-refractivity contribution in [3.05, 3.63) is 95.6 Å². The zero-order valence-electron chi connectivity index (χ0n) is 14.0. The number of alkyl halides is 2. The highest BCUT2D eigenvalue weighted by Gasteiger charge is 2.12. The molecule has 6 heteroatoms. The smallest absolute Gasteiger partial charge is 0.387 e. The molecular formula is C21H14F2O4. The second-order valence-corrected chi connectivity index (χ2v) is 5.51. The van der Waals surface area contributed by atoms with Crippen molar-refractivity contribution in [2.75, 3.05) is 0 Å². The predicted molar refractivity (Wildman–Crippen MR) is 94.3 cm³/mol. The van der Waals surface area contributed by atoms with E-state index in [4.69, 9.17) is 4.74 Å². The Morgan fingerprint density at radius 3 is 1.78 bits per heavy atom. The van der Waals surface area contributed by atoms with E-state index in [0.717, 1.165) is 0 Å². The minimum Gasteiger partial charge on any atom is -0.435 e. The summed E-state index contributed by atoms with van der Waals surface area (Å²) >= 11 is 0. The summed E-state index contributed by atoms with van der Waals surface area (Å²) in [6.07, 6.45) is 0. The van der Waals surface area contributed by atoms with Gasteiger partial charge in [-0.2, -0.15) is 8.78 Å². The summed E-state index contributed by atoms with van der Waals surface area (Å²) in [6.45, 7) is -2.93. The maximum absolute atomic E-state index is 12.3. The Kier molecular flexibility index (Phi) is 5.56. The molecule has 0 aromatic heterocycles. The second kappa shape index (κ2) is 8.23. The molecule has 3 aromatic carbocycles. The molecule has 136 valence electrons. The molecule has 0 atom stereocenters. The van der Waals surface area contributed by atoms with Gasteiger partial charge >= 0.3 is 12.6 Å². The molecule has 3 rings (SSSR count). The summed E-state index contributed by atoms with van der Waals surface area (Å²) in [5.74, 6) is -0.577. The Bertz CT molecular complexity index is 921. The first-order valence-corrected chi connectivity index (χ1v) is 8.00. The van der Waals surface area contributed by atoms with Crippen molar-refractivity contribution in [3.63, 3.8) is 0 Å². The Hall–Kier alpha value is -3.54. The second-order valence-electron chi connectivity index (χ2n) is 5.51. The van der Waals surface area contributed by atoms with Gasteiger partial charge in [-0.05, 0) is 48.5 Å². The number of esters is 1. The highest BCUT2D eigenvalue weighted by molar-refractivity contribution is 6.09. The molecule has 0 amide bonds. The van der Waals surface area contributed by atoms with Crippen LogP contribution in [0.15, 0.2) is 78.9 Å². The summed E-state index contributed by atoms with van der Waals surface area (Å²) in [5, 5.41) is 0. The van der Waals surface area contributed by atoms with E-state index in [1.165, 1.54) is 36.4 Å². The first-order chi connectivity index (χ1) is 13.0. The van der Waals surface area contributed by atoms with Crippen LogP contribution in [0.2, 0.25) is 0 Å². The zero-order valence-corrected chi connectivity index (χ0v) is 14.0. The molecule has 4 nitrogen and oxygen atoms in total. The maximum Gasteiger partial charge on any atom is 0.387 e. The lowest BCUT2D eigenvalue weighted by atomic mass is 10.0. The third-order valence-corrected chi connectivity index (χ3v) is 3.68. The summed E-state index contributed by atoms with van der Waals surface area (Å²) in [6, 6.07) is 20.2. The summed E-state index contributed by atoms with van der Waals surface area (Å²) in [7, 11) is 0. The third kappa shape index (κ3) is 4.76. The van der Waals surface area contributed by atoms with Gasteiger partial charge in [0.25, 0.3) is 0 Å². The van der Waals surface area contributed by atoms with Crippen molar-refractivity contribution < 1.29 is 27.8 Å². The SMILES string of the molecule is O=C(Oc1ccc(C(=O)c2ccccc2)cc1)c1ccc(OC(F)F)cc1. The lowest BCUT2D eigenvalue weighted by molar-refractivity contribution is -0.0498. The molecule has 0 unspecified atom stereocenters. The van der Waals surface area contributed by atoms with E-state index in [9.17, 15) is 18.4 Å².